The van der Waals surface area contributed by atoms with Gasteiger partial charge in [0.25, 0.3) is 5.56 Å². The van der Waals surface area contributed by atoms with E-state index in [1.165, 1.54) is 11.3 Å². The predicted octanol–water partition coefficient (Wildman–Crippen LogP) is 5.94. The molecule has 0 fully saturated rings. The average molecular weight is 474 g/mol. The first-order valence-corrected chi connectivity index (χ1v) is 11.5. The van der Waals surface area contributed by atoms with Gasteiger partial charge in [0.2, 0.25) is 0 Å². The van der Waals surface area contributed by atoms with Crippen molar-refractivity contribution in [2.45, 2.75) is 32.5 Å². The summed E-state index contributed by atoms with van der Waals surface area (Å²) in [5, 5.41) is 1.17. The lowest BCUT2D eigenvalue weighted by Crippen LogP contribution is -2.26. The number of rotatable bonds is 7. The maximum Gasteiger partial charge on any atom is 0.290 e. The number of hydrogen-bond donors (Lipinski definition) is 1. The topological polar surface area (TPSA) is 70.1 Å². The molecule has 0 saturated carbocycles. The summed E-state index contributed by atoms with van der Waals surface area (Å²) in [7, 11) is 0. The third-order valence-corrected chi connectivity index (χ3v) is 6.57. The molecule has 2 heterocycles. The van der Waals surface area contributed by atoms with Crippen molar-refractivity contribution in [1.29, 1.82) is 0 Å². The summed E-state index contributed by atoms with van der Waals surface area (Å²) in [4.78, 5) is 17.4. The predicted molar refractivity (Wildman–Crippen MR) is 128 cm³/mol. The minimum absolute atomic E-state index is 0.241. The van der Waals surface area contributed by atoms with E-state index < -0.39 is 6.23 Å². The van der Waals surface area contributed by atoms with Crippen LogP contribution in [0.25, 0.3) is 20.7 Å². The van der Waals surface area contributed by atoms with Gasteiger partial charge in [-0.25, -0.2) is 0 Å². The molecule has 0 saturated heterocycles. The van der Waals surface area contributed by atoms with E-state index in [2.05, 4.69) is 4.98 Å². The van der Waals surface area contributed by atoms with Gasteiger partial charge in [0.15, 0.2) is 0 Å². The summed E-state index contributed by atoms with van der Waals surface area (Å²) in [5.41, 5.74) is 8.52. The molecule has 2 N–H and O–H groups in total. The SMILES string of the molecule is CCCC(N)Oc1ccc(-c2cc3c(s2)c(=O)ncn3Cc2ccc(Cl)cc2)cc1Cl. The van der Waals surface area contributed by atoms with Crippen molar-refractivity contribution >= 4 is 44.8 Å². The smallest absolute Gasteiger partial charge is 0.290 e. The van der Waals surface area contributed by atoms with Crippen molar-refractivity contribution in [2.75, 3.05) is 0 Å². The van der Waals surface area contributed by atoms with Crippen molar-refractivity contribution in [3.8, 4) is 16.2 Å². The van der Waals surface area contributed by atoms with Crippen molar-refractivity contribution in [2.24, 2.45) is 5.73 Å². The van der Waals surface area contributed by atoms with E-state index in [0.717, 1.165) is 34.4 Å². The number of nitrogens with two attached hydrogens (primary N) is 1. The highest BCUT2D eigenvalue weighted by molar-refractivity contribution is 7.22. The third-order valence-electron chi connectivity index (χ3n) is 4.86. The number of aromatic nitrogens is 2. The minimum atomic E-state index is -0.390. The van der Waals surface area contributed by atoms with Gasteiger partial charge in [0.1, 0.15) is 16.7 Å². The van der Waals surface area contributed by atoms with E-state index >= 15 is 0 Å². The van der Waals surface area contributed by atoms with Crippen LogP contribution in [0.2, 0.25) is 10.0 Å². The summed E-state index contributed by atoms with van der Waals surface area (Å²) < 4.78 is 8.29. The summed E-state index contributed by atoms with van der Waals surface area (Å²) in [6, 6.07) is 15.2. The Morgan fingerprint density at radius 1 is 1.16 bits per heavy atom. The molecule has 2 aromatic heterocycles. The van der Waals surface area contributed by atoms with E-state index in [0.29, 0.717) is 27.0 Å². The third kappa shape index (κ3) is 4.93. The van der Waals surface area contributed by atoms with E-state index in [-0.39, 0.29) is 5.56 Å². The second kappa shape index (κ2) is 9.40. The standard InChI is InChI=1S/C23H21Cl2N3O2S/c1-2-3-21(26)30-19-9-6-15(10-17(19)25)20-11-18-22(31-20)23(29)27-13-28(18)12-14-4-7-16(24)8-5-14/h4-11,13,21H,2-3,12,26H2,1H3. The first kappa shape index (κ1) is 21.8. The fraction of sp³-hybridized carbons (Fsp3) is 0.217. The van der Waals surface area contributed by atoms with Crippen LogP contribution in [0.4, 0.5) is 0 Å². The molecule has 0 aliphatic heterocycles. The first-order chi connectivity index (χ1) is 14.9. The molecule has 0 aliphatic rings. The van der Waals surface area contributed by atoms with Crippen molar-refractivity contribution in [1.82, 2.24) is 9.55 Å². The molecular weight excluding hydrogens is 453 g/mol. The molecule has 31 heavy (non-hydrogen) atoms. The largest absolute Gasteiger partial charge is 0.474 e. The Morgan fingerprint density at radius 2 is 1.94 bits per heavy atom. The minimum Gasteiger partial charge on any atom is -0.474 e. The number of nitrogens with zero attached hydrogens (tertiary/aromatic N) is 2. The molecule has 4 rings (SSSR count). The Kier molecular flexibility index (Phi) is 6.62. The zero-order valence-corrected chi connectivity index (χ0v) is 19.2. The zero-order chi connectivity index (χ0) is 22.0. The Bertz CT molecular complexity index is 1270. The van der Waals surface area contributed by atoms with Crippen LogP contribution < -0.4 is 16.0 Å². The molecule has 0 bridgehead atoms. The zero-order valence-electron chi connectivity index (χ0n) is 16.8. The number of hydrogen-bond acceptors (Lipinski definition) is 5. The molecule has 5 nitrogen and oxygen atoms in total. The van der Waals surface area contributed by atoms with Crippen LogP contribution in [0.3, 0.4) is 0 Å². The van der Waals surface area contributed by atoms with Crippen LogP contribution >= 0.6 is 34.5 Å². The van der Waals surface area contributed by atoms with Crippen LogP contribution in [-0.4, -0.2) is 15.8 Å². The fourth-order valence-corrected chi connectivity index (χ4v) is 4.71. The highest BCUT2D eigenvalue weighted by Gasteiger charge is 2.14. The van der Waals surface area contributed by atoms with E-state index in [4.69, 9.17) is 33.7 Å². The summed E-state index contributed by atoms with van der Waals surface area (Å²) in [5.74, 6) is 0.552. The van der Waals surface area contributed by atoms with Gasteiger partial charge in [0.05, 0.1) is 16.9 Å². The normalized spacial score (nSPS) is 12.3. The maximum atomic E-state index is 12.4. The number of ether oxygens (including phenoxy) is 1. The molecular formula is C23H21Cl2N3O2S. The Hall–Kier alpha value is -2.38. The quantitative estimate of drug-likeness (QED) is 0.337. The highest BCUT2D eigenvalue weighted by Crippen LogP contribution is 2.36. The molecule has 4 aromatic rings. The van der Waals surface area contributed by atoms with Crippen molar-refractivity contribution in [3.05, 3.63) is 80.8 Å². The lowest BCUT2D eigenvalue weighted by Gasteiger charge is -2.15. The van der Waals surface area contributed by atoms with E-state index in [1.807, 2.05) is 60.0 Å². The van der Waals surface area contributed by atoms with Gasteiger partial charge >= 0.3 is 0 Å². The lowest BCUT2D eigenvalue weighted by atomic mass is 10.1. The van der Waals surface area contributed by atoms with Crippen LogP contribution in [0.1, 0.15) is 25.3 Å². The highest BCUT2D eigenvalue weighted by atomic mass is 35.5. The van der Waals surface area contributed by atoms with Crippen LogP contribution in [0.15, 0.2) is 59.7 Å². The second-order valence-corrected chi connectivity index (χ2v) is 9.12. The fourth-order valence-electron chi connectivity index (χ4n) is 3.30. The molecule has 0 spiro atoms. The molecule has 160 valence electrons. The average Bonchev–Trinajstić information content (AvgIpc) is 3.20. The Labute approximate surface area is 194 Å². The Morgan fingerprint density at radius 3 is 2.65 bits per heavy atom. The summed E-state index contributed by atoms with van der Waals surface area (Å²) in [6.07, 6.45) is 2.87. The summed E-state index contributed by atoms with van der Waals surface area (Å²) in [6.45, 7) is 2.63. The van der Waals surface area contributed by atoms with Crippen LogP contribution in [-0.2, 0) is 6.54 Å². The van der Waals surface area contributed by atoms with Crippen LogP contribution in [0, 0.1) is 0 Å². The van der Waals surface area contributed by atoms with Gasteiger partial charge in [-0.3, -0.25) is 10.5 Å². The molecule has 8 heteroatoms. The van der Waals surface area contributed by atoms with Crippen molar-refractivity contribution < 1.29 is 4.74 Å². The monoisotopic (exact) mass is 473 g/mol. The van der Waals surface area contributed by atoms with Gasteiger partial charge < -0.3 is 9.30 Å². The van der Waals surface area contributed by atoms with Gasteiger partial charge in [-0.1, -0.05) is 48.7 Å². The van der Waals surface area contributed by atoms with Gasteiger partial charge in [0, 0.05) is 16.4 Å². The maximum absolute atomic E-state index is 12.4. The number of thiophene rings is 1. The molecule has 0 aliphatic carbocycles. The molecule has 2 aromatic carbocycles. The summed E-state index contributed by atoms with van der Waals surface area (Å²) >= 11 is 13.8. The molecule has 0 radical (unpaired) electrons. The lowest BCUT2D eigenvalue weighted by molar-refractivity contribution is 0.198. The molecule has 1 unspecified atom stereocenters. The van der Waals surface area contributed by atoms with Gasteiger partial charge in [-0.05, 0) is 53.9 Å². The van der Waals surface area contributed by atoms with Gasteiger partial charge in [-0.15, -0.1) is 11.3 Å². The second-order valence-electron chi connectivity index (χ2n) is 7.22. The molecule has 1 atom stereocenters. The van der Waals surface area contributed by atoms with Crippen LogP contribution in [0.5, 0.6) is 5.75 Å². The van der Waals surface area contributed by atoms with E-state index in [1.54, 1.807) is 6.33 Å². The first-order valence-electron chi connectivity index (χ1n) is 9.90. The Balaban J connectivity index is 1.67. The molecule has 0 amide bonds. The van der Waals surface area contributed by atoms with Crippen molar-refractivity contribution in [3.63, 3.8) is 0 Å². The van der Waals surface area contributed by atoms with E-state index in [9.17, 15) is 4.79 Å². The number of benzene rings is 2. The number of fused-ring (bicyclic) bond motifs is 1. The number of halogens is 2. The van der Waals surface area contributed by atoms with Gasteiger partial charge in [-0.2, -0.15) is 4.98 Å².